The van der Waals surface area contributed by atoms with Crippen molar-refractivity contribution in [3.63, 3.8) is 0 Å². The highest BCUT2D eigenvalue weighted by molar-refractivity contribution is 6.30. The number of carbonyl (C=O) groups is 3. The van der Waals surface area contributed by atoms with Gasteiger partial charge in [-0.05, 0) is 43.5 Å². The summed E-state index contributed by atoms with van der Waals surface area (Å²) in [6.45, 7) is 0. The number of halogens is 1. The number of benzene rings is 1. The van der Waals surface area contributed by atoms with Crippen molar-refractivity contribution in [3.8, 4) is 0 Å². The molecule has 1 aliphatic rings. The molecule has 1 aromatic rings. The van der Waals surface area contributed by atoms with Crippen molar-refractivity contribution in [1.29, 1.82) is 0 Å². The van der Waals surface area contributed by atoms with Gasteiger partial charge in [0.05, 0.1) is 12.3 Å². The molecule has 0 saturated heterocycles. The van der Waals surface area contributed by atoms with Gasteiger partial charge in [-0.15, -0.1) is 0 Å². The van der Waals surface area contributed by atoms with E-state index in [0.717, 1.165) is 12.8 Å². The van der Waals surface area contributed by atoms with Gasteiger partial charge in [0.2, 0.25) is 0 Å². The molecule has 1 saturated carbocycles. The van der Waals surface area contributed by atoms with Crippen molar-refractivity contribution in [2.24, 2.45) is 5.92 Å². The maximum atomic E-state index is 12.3. The van der Waals surface area contributed by atoms with Crippen molar-refractivity contribution in [3.05, 3.63) is 34.9 Å². The average Bonchev–Trinajstić information content (AvgIpc) is 2.47. The summed E-state index contributed by atoms with van der Waals surface area (Å²) in [4.78, 5) is 35.1. The average molecular weight is 325 g/mol. The molecule has 118 valence electrons. The first-order valence-electron chi connectivity index (χ1n) is 7.18. The van der Waals surface area contributed by atoms with Gasteiger partial charge in [0.15, 0.2) is 5.78 Å². The summed E-state index contributed by atoms with van der Waals surface area (Å²) < 4.78 is 4.79. The highest BCUT2D eigenvalue weighted by Gasteiger charge is 2.34. The van der Waals surface area contributed by atoms with E-state index in [1.165, 1.54) is 0 Å². The van der Waals surface area contributed by atoms with E-state index in [2.05, 4.69) is 0 Å². The highest BCUT2D eigenvalue weighted by atomic mass is 35.5. The minimum absolute atomic E-state index is 0.244. The minimum Gasteiger partial charge on any atom is -0.450 e. The van der Waals surface area contributed by atoms with E-state index < -0.39 is 18.2 Å². The number of rotatable bonds is 5. The fourth-order valence-corrected chi connectivity index (χ4v) is 2.89. The molecule has 0 aromatic heterocycles. The first-order chi connectivity index (χ1) is 10.5. The first-order valence-corrected chi connectivity index (χ1v) is 7.56. The zero-order valence-electron chi connectivity index (χ0n) is 12.0. The SMILES string of the molecule is O=C(O)O[C@@H]1CCCC[C@H]1C(=O)CC(=O)c1ccc(Cl)cc1. The second-order valence-corrected chi connectivity index (χ2v) is 5.82. The Labute approximate surface area is 133 Å². The Kier molecular flexibility index (Phi) is 5.55. The van der Waals surface area contributed by atoms with Gasteiger partial charge in [-0.3, -0.25) is 9.59 Å². The molecule has 22 heavy (non-hydrogen) atoms. The number of ketones is 2. The standard InChI is InChI=1S/C16H17ClO5/c17-11-7-5-10(6-8-11)13(18)9-14(19)12-3-1-2-4-15(12)22-16(20)21/h5-8,12,15H,1-4,9H2,(H,20,21)/t12-,15+/m0/s1. The lowest BCUT2D eigenvalue weighted by Gasteiger charge is -2.28. The molecule has 0 heterocycles. The Bertz CT molecular complexity index is 566. The number of Topliss-reactive ketones (excluding diaryl/α,β-unsaturated/α-hetero) is 2. The van der Waals surface area contributed by atoms with Gasteiger partial charge in [-0.1, -0.05) is 18.0 Å². The third-order valence-corrected chi connectivity index (χ3v) is 4.12. The molecule has 0 amide bonds. The van der Waals surface area contributed by atoms with Gasteiger partial charge in [0.1, 0.15) is 11.9 Å². The van der Waals surface area contributed by atoms with Crippen molar-refractivity contribution < 1.29 is 24.2 Å². The van der Waals surface area contributed by atoms with Crippen LogP contribution in [0.15, 0.2) is 24.3 Å². The van der Waals surface area contributed by atoms with E-state index in [4.69, 9.17) is 21.4 Å². The van der Waals surface area contributed by atoms with E-state index in [9.17, 15) is 14.4 Å². The molecular weight excluding hydrogens is 308 g/mol. The number of hydrogen-bond acceptors (Lipinski definition) is 4. The fourth-order valence-electron chi connectivity index (χ4n) is 2.76. The summed E-state index contributed by atoms with van der Waals surface area (Å²) in [6.07, 6.45) is 0.483. The molecule has 5 nitrogen and oxygen atoms in total. The van der Waals surface area contributed by atoms with Crippen LogP contribution in [0.25, 0.3) is 0 Å². The van der Waals surface area contributed by atoms with Crippen molar-refractivity contribution in [2.45, 2.75) is 38.2 Å². The molecule has 0 spiro atoms. The zero-order valence-corrected chi connectivity index (χ0v) is 12.7. The number of ether oxygens (including phenoxy) is 1. The maximum Gasteiger partial charge on any atom is 0.506 e. The molecule has 1 aromatic carbocycles. The molecule has 2 rings (SSSR count). The number of carbonyl (C=O) groups excluding carboxylic acids is 2. The maximum absolute atomic E-state index is 12.3. The van der Waals surface area contributed by atoms with E-state index in [1.54, 1.807) is 24.3 Å². The van der Waals surface area contributed by atoms with E-state index >= 15 is 0 Å². The Balaban J connectivity index is 2.01. The van der Waals surface area contributed by atoms with Gasteiger partial charge >= 0.3 is 6.16 Å². The van der Waals surface area contributed by atoms with Crippen LogP contribution in [0, 0.1) is 5.92 Å². The molecular formula is C16H17ClO5. The lowest BCUT2D eigenvalue weighted by atomic mass is 9.81. The van der Waals surface area contributed by atoms with Crippen molar-refractivity contribution >= 4 is 29.3 Å². The lowest BCUT2D eigenvalue weighted by Crippen LogP contribution is -2.35. The van der Waals surface area contributed by atoms with Gasteiger partial charge in [-0.25, -0.2) is 4.79 Å². The Hall–Kier alpha value is -1.88. The third kappa shape index (κ3) is 4.31. The van der Waals surface area contributed by atoms with E-state index in [1.807, 2.05) is 0 Å². The van der Waals surface area contributed by atoms with E-state index in [-0.39, 0.29) is 18.0 Å². The molecule has 1 aliphatic carbocycles. The van der Waals surface area contributed by atoms with E-state index in [0.29, 0.717) is 23.4 Å². The van der Waals surface area contributed by atoms with Crippen LogP contribution in [0.1, 0.15) is 42.5 Å². The van der Waals surface area contributed by atoms with Gasteiger partial charge in [-0.2, -0.15) is 0 Å². The first kappa shape index (κ1) is 16.5. The van der Waals surface area contributed by atoms with Crippen LogP contribution in [0.3, 0.4) is 0 Å². The molecule has 0 unspecified atom stereocenters. The summed E-state index contributed by atoms with van der Waals surface area (Å²) >= 11 is 5.76. The number of carboxylic acid groups (broad SMARTS) is 1. The van der Waals surface area contributed by atoms with Crippen LogP contribution >= 0.6 is 11.6 Å². The monoisotopic (exact) mass is 324 g/mol. The Morgan fingerprint density at radius 1 is 1.14 bits per heavy atom. The smallest absolute Gasteiger partial charge is 0.450 e. The quantitative estimate of drug-likeness (QED) is 0.507. The largest absolute Gasteiger partial charge is 0.506 e. The van der Waals surface area contributed by atoms with Crippen LogP contribution in [0.5, 0.6) is 0 Å². The van der Waals surface area contributed by atoms with Crippen molar-refractivity contribution in [1.82, 2.24) is 0 Å². The topological polar surface area (TPSA) is 80.7 Å². The normalized spacial score (nSPS) is 21.1. The van der Waals surface area contributed by atoms with Crippen LogP contribution in [-0.4, -0.2) is 28.9 Å². The summed E-state index contributed by atoms with van der Waals surface area (Å²) in [5, 5.41) is 9.26. The molecule has 0 bridgehead atoms. The summed E-state index contributed by atoms with van der Waals surface area (Å²) in [5.74, 6) is -1.08. The zero-order chi connectivity index (χ0) is 16.1. The van der Waals surface area contributed by atoms with Crippen LogP contribution < -0.4 is 0 Å². The van der Waals surface area contributed by atoms with Gasteiger partial charge in [0.25, 0.3) is 0 Å². The predicted molar refractivity (Wildman–Crippen MR) is 80.3 cm³/mol. The van der Waals surface area contributed by atoms with Crippen LogP contribution in [0.2, 0.25) is 5.02 Å². The number of hydrogen-bond donors (Lipinski definition) is 1. The summed E-state index contributed by atoms with van der Waals surface area (Å²) in [5.41, 5.74) is 0.421. The second kappa shape index (κ2) is 7.40. The predicted octanol–water partition coefficient (Wildman–Crippen LogP) is 3.74. The Morgan fingerprint density at radius 2 is 1.77 bits per heavy atom. The molecule has 1 N–H and O–H groups in total. The molecule has 0 aliphatic heterocycles. The summed E-state index contributed by atoms with van der Waals surface area (Å²) in [7, 11) is 0. The van der Waals surface area contributed by atoms with Gasteiger partial charge < -0.3 is 9.84 Å². The second-order valence-electron chi connectivity index (χ2n) is 5.39. The minimum atomic E-state index is -1.38. The molecule has 0 radical (unpaired) electrons. The fraction of sp³-hybridized carbons (Fsp3) is 0.438. The third-order valence-electron chi connectivity index (χ3n) is 3.87. The Morgan fingerprint density at radius 3 is 2.41 bits per heavy atom. The van der Waals surface area contributed by atoms with Crippen LogP contribution in [0.4, 0.5) is 4.79 Å². The summed E-state index contributed by atoms with van der Waals surface area (Å²) in [6, 6.07) is 6.33. The molecule has 1 fully saturated rings. The van der Waals surface area contributed by atoms with Crippen molar-refractivity contribution in [2.75, 3.05) is 0 Å². The lowest BCUT2D eigenvalue weighted by molar-refractivity contribution is -0.127. The molecule has 6 heteroatoms. The van der Waals surface area contributed by atoms with Crippen LogP contribution in [-0.2, 0) is 9.53 Å². The van der Waals surface area contributed by atoms with Gasteiger partial charge in [0, 0.05) is 10.6 Å². The molecule has 2 atom stereocenters. The highest BCUT2D eigenvalue weighted by Crippen LogP contribution is 2.29.